The summed E-state index contributed by atoms with van der Waals surface area (Å²) < 4.78 is 5.39. The van der Waals surface area contributed by atoms with Crippen molar-refractivity contribution in [2.75, 3.05) is 19.7 Å². The zero-order valence-electron chi connectivity index (χ0n) is 11.5. The van der Waals surface area contributed by atoms with Gasteiger partial charge in [-0.3, -0.25) is 4.79 Å². The molecule has 0 aliphatic carbocycles. The van der Waals surface area contributed by atoms with Crippen molar-refractivity contribution < 1.29 is 9.53 Å². The van der Waals surface area contributed by atoms with Crippen molar-refractivity contribution in [2.45, 2.75) is 32.2 Å². The summed E-state index contributed by atoms with van der Waals surface area (Å²) in [6, 6.07) is 8.11. The van der Waals surface area contributed by atoms with Gasteiger partial charge < -0.3 is 15.4 Å². The van der Waals surface area contributed by atoms with E-state index in [1.54, 1.807) is 0 Å². The topological polar surface area (TPSA) is 55.6 Å². The molecule has 0 aromatic heterocycles. The summed E-state index contributed by atoms with van der Waals surface area (Å²) in [5, 5.41) is 0. The number of benzene rings is 1. The predicted molar refractivity (Wildman–Crippen MR) is 75.1 cm³/mol. The van der Waals surface area contributed by atoms with Crippen LogP contribution < -0.4 is 10.5 Å². The maximum absolute atomic E-state index is 12.0. The van der Waals surface area contributed by atoms with E-state index in [2.05, 4.69) is 0 Å². The van der Waals surface area contributed by atoms with Gasteiger partial charge in [-0.15, -0.1) is 0 Å². The Kier molecular flexibility index (Phi) is 4.80. The highest BCUT2D eigenvalue weighted by molar-refractivity contribution is 5.76. The van der Waals surface area contributed by atoms with Crippen LogP contribution in [0.2, 0.25) is 0 Å². The van der Waals surface area contributed by atoms with Gasteiger partial charge in [0.05, 0.1) is 6.61 Å². The molecule has 2 rings (SSSR count). The van der Waals surface area contributed by atoms with Gasteiger partial charge in [-0.25, -0.2) is 0 Å². The molecular formula is C15H22N2O2. The Balaban J connectivity index is 1.80. The molecule has 0 unspecified atom stereocenters. The predicted octanol–water partition coefficient (Wildman–Crippen LogP) is 1.58. The number of likely N-dealkylation sites (tertiary alicyclic amines) is 1. The van der Waals surface area contributed by atoms with E-state index in [0.717, 1.165) is 25.1 Å². The van der Waals surface area contributed by atoms with Gasteiger partial charge in [-0.05, 0) is 37.5 Å². The first-order valence-electron chi connectivity index (χ1n) is 6.94. The molecule has 1 heterocycles. The van der Waals surface area contributed by atoms with E-state index >= 15 is 0 Å². The van der Waals surface area contributed by atoms with Crippen molar-refractivity contribution in [1.82, 2.24) is 4.90 Å². The first-order chi connectivity index (χ1) is 9.19. The first kappa shape index (κ1) is 13.9. The monoisotopic (exact) mass is 262 g/mol. The van der Waals surface area contributed by atoms with Gasteiger partial charge in [0.15, 0.2) is 0 Å². The zero-order valence-corrected chi connectivity index (χ0v) is 11.5. The highest BCUT2D eigenvalue weighted by Gasteiger charge is 2.22. The number of carbonyl (C=O) groups excluding carboxylic acids is 1. The fraction of sp³-hybridized carbons (Fsp3) is 0.533. The fourth-order valence-electron chi connectivity index (χ4n) is 2.34. The molecule has 1 amide bonds. The SMILES string of the molecule is CCOc1ccc(CCC(=O)N2CC[C@@H](N)C2)cc1. The number of ether oxygens (including phenoxy) is 1. The molecule has 1 aromatic carbocycles. The molecule has 1 fully saturated rings. The Bertz CT molecular complexity index is 417. The van der Waals surface area contributed by atoms with Crippen molar-refractivity contribution in [3.63, 3.8) is 0 Å². The number of rotatable bonds is 5. The van der Waals surface area contributed by atoms with E-state index in [1.807, 2.05) is 36.1 Å². The van der Waals surface area contributed by atoms with Crippen LogP contribution in [-0.4, -0.2) is 36.5 Å². The van der Waals surface area contributed by atoms with Gasteiger partial charge >= 0.3 is 0 Å². The number of hydrogen-bond acceptors (Lipinski definition) is 3. The second-order valence-electron chi connectivity index (χ2n) is 4.97. The molecule has 1 aliphatic rings. The van der Waals surface area contributed by atoms with Crippen LogP contribution in [-0.2, 0) is 11.2 Å². The number of amides is 1. The molecule has 0 radical (unpaired) electrons. The average molecular weight is 262 g/mol. The van der Waals surface area contributed by atoms with Crippen molar-refractivity contribution in [1.29, 1.82) is 0 Å². The lowest BCUT2D eigenvalue weighted by Crippen LogP contribution is -2.31. The normalized spacial score (nSPS) is 18.6. The third kappa shape index (κ3) is 3.96. The molecule has 19 heavy (non-hydrogen) atoms. The van der Waals surface area contributed by atoms with Gasteiger partial charge in [0.2, 0.25) is 5.91 Å². The maximum Gasteiger partial charge on any atom is 0.222 e. The summed E-state index contributed by atoms with van der Waals surface area (Å²) in [4.78, 5) is 13.9. The van der Waals surface area contributed by atoms with E-state index in [0.29, 0.717) is 19.6 Å². The minimum absolute atomic E-state index is 0.162. The van der Waals surface area contributed by atoms with Gasteiger partial charge in [0, 0.05) is 25.6 Å². The Morgan fingerprint density at radius 2 is 2.16 bits per heavy atom. The summed E-state index contributed by atoms with van der Waals surface area (Å²) in [6.45, 7) is 4.16. The number of nitrogens with zero attached hydrogens (tertiary/aromatic N) is 1. The molecule has 1 atom stereocenters. The lowest BCUT2D eigenvalue weighted by Gasteiger charge is -2.15. The molecule has 2 N–H and O–H groups in total. The van der Waals surface area contributed by atoms with Crippen LogP contribution in [0.5, 0.6) is 5.75 Å². The summed E-state index contributed by atoms with van der Waals surface area (Å²) in [7, 11) is 0. The lowest BCUT2D eigenvalue weighted by molar-refractivity contribution is -0.130. The van der Waals surface area contributed by atoms with Crippen molar-refractivity contribution >= 4 is 5.91 Å². The molecule has 104 valence electrons. The number of aryl methyl sites for hydroxylation is 1. The number of carbonyl (C=O) groups is 1. The fourth-order valence-corrected chi connectivity index (χ4v) is 2.34. The standard InChI is InChI=1S/C15H22N2O2/c1-2-19-14-6-3-12(4-7-14)5-8-15(18)17-10-9-13(16)11-17/h3-4,6-7,13H,2,5,8-11,16H2,1H3/t13-/m1/s1. The third-order valence-electron chi connectivity index (χ3n) is 3.44. The molecule has 1 saturated heterocycles. The third-order valence-corrected chi connectivity index (χ3v) is 3.44. The molecule has 4 heteroatoms. The van der Waals surface area contributed by atoms with Crippen LogP contribution in [0, 0.1) is 0 Å². The summed E-state index contributed by atoms with van der Waals surface area (Å²) in [6.07, 6.45) is 2.26. The highest BCUT2D eigenvalue weighted by Crippen LogP contribution is 2.15. The largest absolute Gasteiger partial charge is 0.494 e. The van der Waals surface area contributed by atoms with E-state index in [9.17, 15) is 4.79 Å². The quantitative estimate of drug-likeness (QED) is 0.876. The molecule has 0 saturated carbocycles. The van der Waals surface area contributed by atoms with Gasteiger partial charge in [-0.1, -0.05) is 12.1 Å². The second-order valence-corrected chi connectivity index (χ2v) is 4.97. The Morgan fingerprint density at radius 1 is 1.42 bits per heavy atom. The molecule has 0 spiro atoms. The molecule has 4 nitrogen and oxygen atoms in total. The Labute approximate surface area is 114 Å². The molecular weight excluding hydrogens is 240 g/mol. The van der Waals surface area contributed by atoms with Crippen molar-refractivity contribution in [3.8, 4) is 5.75 Å². The first-order valence-corrected chi connectivity index (χ1v) is 6.94. The second kappa shape index (κ2) is 6.57. The number of hydrogen-bond donors (Lipinski definition) is 1. The zero-order chi connectivity index (χ0) is 13.7. The van der Waals surface area contributed by atoms with Gasteiger partial charge in [0.25, 0.3) is 0 Å². The minimum Gasteiger partial charge on any atom is -0.494 e. The van der Waals surface area contributed by atoms with Gasteiger partial charge in [0.1, 0.15) is 5.75 Å². The van der Waals surface area contributed by atoms with E-state index in [1.165, 1.54) is 5.56 Å². The van der Waals surface area contributed by atoms with Crippen LogP contribution in [0.25, 0.3) is 0 Å². The maximum atomic E-state index is 12.0. The Morgan fingerprint density at radius 3 is 2.74 bits per heavy atom. The molecule has 1 aliphatic heterocycles. The van der Waals surface area contributed by atoms with Crippen LogP contribution in [0.15, 0.2) is 24.3 Å². The lowest BCUT2D eigenvalue weighted by atomic mass is 10.1. The summed E-state index contributed by atoms with van der Waals surface area (Å²) >= 11 is 0. The average Bonchev–Trinajstić information content (AvgIpc) is 2.85. The summed E-state index contributed by atoms with van der Waals surface area (Å²) in [5.74, 6) is 1.09. The van der Waals surface area contributed by atoms with Crippen molar-refractivity contribution in [3.05, 3.63) is 29.8 Å². The van der Waals surface area contributed by atoms with Crippen LogP contribution in [0.3, 0.4) is 0 Å². The smallest absolute Gasteiger partial charge is 0.222 e. The summed E-state index contributed by atoms with van der Waals surface area (Å²) in [5.41, 5.74) is 6.97. The molecule has 0 bridgehead atoms. The van der Waals surface area contributed by atoms with Crippen LogP contribution in [0.1, 0.15) is 25.3 Å². The van der Waals surface area contributed by atoms with Crippen LogP contribution in [0.4, 0.5) is 0 Å². The van der Waals surface area contributed by atoms with Crippen molar-refractivity contribution in [2.24, 2.45) is 5.73 Å². The highest BCUT2D eigenvalue weighted by atomic mass is 16.5. The van der Waals surface area contributed by atoms with E-state index in [-0.39, 0.29) is 11.9 Å². The minimum atomic E-state index is 0.162. The van der Waals surface area contributed by atoms with E-state index in [4.69, 9.17) is 10.5 Å². The van der Waals surface area contributed by atoms with Crippen LogP contribution >= 0.6 is 0 Å². The van der Waals surface area contributed by atoms with E-state index < -0.39 is 0 Å². The van der Waals surface area contributed by atoms with Gasteiger partial charge in [-0.2, -0.15) is 0 Å². The Hall–Kier alpha value is -1.55. The molecule has 1 aromatic rings. The number of nitrogens with two attached hydrogens (primary N) is 1.